The lowest BCUT2D eigenvalue weighted by Gasteiger charge is -2.07. The van der Waals surface area contributed by atoms with Crippen molar-refractivity contribution in [3.05, 3.63) is 65.9 Å². The molecule has 4 heteroatoms. The van der Waals surface area contributed by atoms with Gasteiger partial charge in [-0.3, -0.25) is 9.48 Å². The summed E-state index contributed by atoms with van der Waals surface area (Å²) in [7, 11) is 0. The summed E-state index contributed by atoms with van der Waals surface area (Å²) in [5, 5.41) is 8.44. The highest BCUT2D eigenvalue weighted by atomic mass is 16.1. The Labute approximate surface area is 129 Å². The molecule has 3 aromatic rings. The number of aryl methyl sites for hydroxylation is 2. The lowest BCUT2D eigenvalue weighted by molar-refractivity contribution is -0.121. The van der Waals surface area contributed by atoms with Crippen molar-refractivity contribution in [1.29, 1.82) is 0 Å². The van der Waals surface area contributed by atoms with E-state index in [9.17, 15) is 4.79 Å². The van der Waals surface area contributed by atoms with E-state index in [-0.39, 0.29) is 5.91 Å². The Balaban J connectivity index is 1.58. The molecule has 112 valence electrons. The van der Waals surface area contributed by atoms with Gasteiger partial charge in [-0.25, -0.2) is 0 Å². The summed E-state index contributed by atoms with van der Waals surface area (Å²) in [4.78, 5) is 12.0. The van der Waals surface area contributed by atoms with Crippen LogP contribution >= 0.6 is 0 Å². The largest absolute Gasteiger partial charge is 0.352 e. The van der Waals surface area contributed by atoms with Crippen LogP contribution in [0.25, 0.3) is 10.9 Å². The lowest BCUT2D eigenvalue weighted by atomic mass is 10.2. The van der Waals surface area contributed by atoms with Gasteiger partial charge in [-0.15, -0.1) is 0 Å². The van der Waals surface area contributed by atoms with Gasteiger partial charge in [0.15, 0.2) is 0 Å². The van der Waals surface area contributed by atoms with Gasteiger partial charge < -0.3 is 5.32 Å². The quantitative estimate of drug-likeness (QED) is 0.786. The van der Waals surface area contributed by atoms with Crippen molar-refractivity contribution in [3.63, 3.8) is 0 Å². The molecule has 3 rings (SSSR count). The van der Waals surface area contributed by atoms with E-state index in [1.54, 1.807) is 0 Å². The van der Waals surface area contributed by atoms with E-state index in [1.165, 1.54) is 5.56 Å². The van der Waals surface area contributed by atoms with Crippen molar-refractivity contribution in [3.8, 4) is 0 Å². The number of hydrogen-bond acceptors (Lipinski definition) is 2. The molecule has 0 unspecified atom stereocenters. The first-order valence-corrected chi connectivity index (χ1v) is 7.46. The average molecular weight is 293 g/mol. The predicted octanol–water partition coefficient (Wildman–Crippen LogP) is 3.05. The highest BCUT2D eigenvalue weighted by Gasteiger charge is 2.07. The number of carbonyl (C=O) groups excluding carboxylic acids is 1. The summed E-state index contributed by atoms with van der Waals surface area (Å²) in [6, 6.07) is 16.1. The second kappa shape index (κ2) is 6.43. The normalized spacial score (nSPS) is 10.8. The van der Waals surface area contributed by atoms with Crippen molar-refractivity contribution < 1.29 is 4.79 Å². The van der Waals surface area contributed by atoms with Crippen LogP contribution in [0.5, 0.6) is 0 Å². The minimum absolute atomic E-state index is 0.0427. The maximum Gasteiger partial charge on any atom is 0.222 e. The van der Waals surface area contributed by atoms with Gasteiger partial charge in [0.05, 0.1) is 18.3 Å². The molecule has 1 amide bonds. The SMILES string of the molecule is Cc1cccc2cnn(CCC(=O)NCc3ccccc3)c12. The first kappa shape index (κ1) is 14.3. The number of fused-ring (bicyclic) bond motifs is 1. The molecule has 0 radical (unpaired) electrons. The van der Waals surface area contributed by atoms with Crippen molar-refractivity contribution in [2.75, 3.05) is 0 Å². The maximum absolute atomic E-state index is 12.0. The van der Waals surface area contributed by atoms with Crippen molar-refractivity contribution >= 4 is 16.8 Å². The fraction of sp³-hybridized carbons (Fsp3) is 0.222. The molecule has 0 fully saturated rings. The molecule has 0 bridgehead atoms. The maximum atomic E-state index is 12.0. The molecular weight excluding hydrogens is 274 g/mol. The van der Waals surface area contributed by atoms with Gasteiger partial charge in [0.1, 0.15) is 0 Å². The summed E-state index contributed by atoms with van der Waals surface area (Å²) in [6.07, 6.45) is 2.28. The Bertz CT molecular complexity index is 777. The van der Waals surface area contributed by atoms with Gasteiger partial charge in [-0.2, -0.15) is 5.10 Å². The van der Waals surface area contributed by atoms with E-state index in [1.807, 2.05) is 53.3 Å². The molecule has 2 aromatic carbocycles. The molecule has 22 heavy (non-hydrogen) atoms. The molecule has 0 aliphatic carbocycles. The molecule has 0 spiro atoms. The monoisotopic (exact) mass is 293 g/mol. The van der Waals surface area contributed by atoms with Crippen LogP contribution in [0.2, 0.25) is 0 Å². The van der Waals surface area contributed by atoms with Crippen molar-refractivity contribution in [2.24, 2.45) is 0 Å². The van der Waals surface area contributed by atoms with Crippen LogP contribution in [0.3, 0.4) is 0 Å². The first-order valence-electron chi connectivity index (χ1n) is 7.46. The Morgan fingerprint density at radius 3 is 2.77 bits per heavy atom. The van der Waals surface area contributed by atoms with Gasteiger partial charge in [-0.05, 0) is 18.1 Å². The number of aromatic nitrogens is 2. The zero-order chi connectivity index (χ0) is 15.4. The van der Waals surface area contributed by atoms with E-state index in [2.05, 4.69) is 23.4 Å². The van der Waals surface area contributed by atoms with E-state index in [0.29, 0.717) is 19.5 Å². The van der Waals surface area contributed by atoms with Crippen LogP contribution in [0.1, 0.15) is 17.5 Å². The van der Waals surface area contributed by atoms with Crippen molar-refractivity contribution in [2.45, 2.75) is 26.4 Å². The van der Waals surface area contributed by atoms with Gasteiger partial charge in [0, 0.05) is 18.4 Å². The number of nitrogens with zero attached hydrogens (tertiary/aromatic N) is 2. The van der Waals surface area contributed by atoms with Gasteiger partial charge in [0.25, 0.3) is 0 Å². The molecule has 0 aliphatic heterocycles. The summed E-state index contributed by atoms with van der Waals surface area (Å²) >= 11 is 0. The zero-order valence-corrected chi connectivity index (χ0v) is 12.6. The van der Waals surface area contributed by atoms with Crippen molar-refractivity contribution in [1.82, 2.24) is 15.1 Å². The minimum atomic E-state index is 0.0427. The van der Waals surface area contributed by atoms with E-state index in [4.69, 9.17) is 0 Å². The summed E-state index contributed by atoms with van der Waals surface area (Å²) < 4.78 is 1.91. The summed E-state index contributed by atoms with van der Waals surface area (Å²) in [5.74, 6) is 0.0427. The zero-order valence-electron chi connectivity index (χ0n) is 12.6. The highest BCUT2D eigenvalue weighted by molar-refractivity contribution is 5.82. The minimum Gasteiger partial charge on any atom is -0.352 e. The van der Waals surface area contributed by atoms with Gasteiger partial charge >= 0.3 is 0 Å². The molecule has 1 aromatic heterocycles. The first-order chi connectivity index (χ1) is 10.7. The molecule has 1 heterocycles. The van der Waals surface area contributed by atoms with Crippen LogP contribution in [0.4, 0.5) is 0 Å². The third-order valence-electron chi connectivity index (χ3n) is 3.75. The molecule has 0 atom stereocenters. The number of nitrogens with one attached hydrogen (secondary N) is 1. The fourth-order valence-electron chi connectivity index (χ4n) is 2.59. The summed E-state index contributed by atoms with van der Waals surface area (Å²) in [6.45, 7) is 3.23. The third kappa shape index (κ3) is 3.17. The Morgan fingerprint density at radius 2 is 1.95 bits per heavy atom. The predicted molar refractivity (Wildman–Crippen MR) is 87.4 cm³/mol. The van der Waals surface area contributed by atoms with E-state index in [0.717, 1.165) is 16.5 Å². The number of para-hydroxylation sites is 1. The highest BCUT2D eigenvalue weighted by Crippen LogP contribution is 2.17. The smallest absolute Gasteiger partial charge is 0.222 e. The van der Waals surface area contributed by atoms with Crippen LogP contribution in [-0.2, 0) is 17.9 Å². The molecule has 4 nitrogen and oxygen atoms in total. The number of carbonyl (C=O) groups is 1. The van der Waals surface area contributed by atoms with Crippen LogP contribution in [0.15, 0.2) is 54.7 Å². The number of rotatable bonds is 5. The molecule has 0 aliphatic rings. The van der Waals surface area contributed by atoms with Crippen LogP contribution < -0.4 is 5.32 Å². The molecular formula is C18H19N3O. The number of amides is 1. The molecule has 0 saturated heterocycles. The van der Waals surface area contributed by atoms with E-state index >= 15 is 0 Å². The average Bonchev–Trinajstić information content (AvgIpc) is 2.96. The van der Waals surface area contributed by atoms with Gasteiger partial charge in [-0.1, -0.05) is 48.5 Å². The fourth-order valence-corrected chi connectivity index (χ4v) is 2.59. The van der Waals surface area contributed by atoms with Gasteiger partial charge in [0.2, 0.25) is 5.91 Å². The topological polar surface area (TPSA) is 46.9 Å². The summed E-state index contributed by atoms with van der Waals surface area (Å²) in [5.41, 5.74) is 3.40. The Morgan fingerprint density at radius 1 is 1.14 bits per heavy atom. The second-order valence-corrected chi connectivity index (χ2v) is 5.39. The lowest BCUT2D eigenvalue weighted by Crippen LogP contribution is -2.24. The third-order valence-corrected chi connectivity index (χ3v) is 3.75. The van der Waals surface area contributed by atoms with Crippen LogP contribution in [-0.4, -0.2) is 15.7 Å². The Hall–Kier alpha value is -2.62. The second-order valence-electron chi connectivity index (χ2n) is 5.39. The molecule has 1 N–H and O–H groups in total. The van der Waals surface area contributed by atoms with E-state index < -0.39 is 0 Å². The number of hydrogen-bond donors (Lipinski definition) is 1. The standard InChI is InChI=1S/C18H19N3O/c1-14-6-5-9-16-13-20-21(18(14)16)11-10-17(22)19-12-15-7-3-2-4-8-15/h2-9,13H,10-12H2,1H3,(H,19,22). The molecule has 0 saturated carbocycles. The Kier molecular flexibility index (Phi) is 4.19. The van der Waals surface area contributed by atoms with Crippen LogP contribution in [0, 0.1) is 6.92 Å². The number of benzene rings is 2.